The number of amides is 1. The number of rotatable bonds is 7. The second kappa shape index (κ2) is 8.87. The first kappa shape index (κ1) is 18.5. The SMILES string of the molecule is CCC(=CF)COc1ccc(C(=O)Nc2cccc(N(C)C)c2)cc1. The quantitative estimate of drug-likeness (QED) is 0.796. The summed E-state index contributed by atoms with van der Waals surface area (Å²) in [6.45, 7) is 2.07. The summed E-state index contributed by atoms with van der Waals surface area (Å²) in [5.41, 5.74) is 2.85. The van der Waals surface area contributed by atoms with Gasteiger partial charge in [-0.2, -0.15) is 0 Å². The minimum atomic E-state index is -0.194. The van der Waals surface area contributed by atoms with Crippen LogP contribution >= 0.6 is 0 Å². The zero-order valence-electron chi connectivity index (χ0n) is 14.8. The van der Waals surface area contributed by atoms with E-state index in [9.17, 15) is 9.18 Å². The fourth-order valence-electron chi connectivity index (χ4n) is 2.15. The van der Waals surface area contributed by atoms with Crippen LogP contribution in [0.15, 0.2) is 60.4 Å². The van der Waals surface area contributed by atoms with Gasteiger partial charge in [-0.1, -0.05) is 13.0 Å². The second-order valence-corrected chi connectivity index (χ2v) is 5.83. The number of anilines is 2. The van der Waals surface area contributed by atoms with Gasteiger partial charge in [0, 0.05) is 31.0 Å². The van der Waals surface area contributed by atoms with Crippen LogP contribution < -0.4 is 15.0 Å². The van der Waals surface area contributed by atoms with E-state index in [0.717, 1.165) is 11.4 Å². The van der Waals surface area contributed by atoms with Gasteiger partial charge in [-0.25, -0.2) is 4.39 Å². The molecule has 0 unspecified atom stereocenters. The molecule has 2 rings (SSSR count). The fraction of sp³-hybridized carbons (Fsp3) is 0.250. The van der Waals surface area contributed by atoms with Crippen molar-refractivity contribution in [2.45, 2.75) is 13.3 Å². The van der Waals surface area contributed by atoms with Crippen LogP contribution in [0, 0.1) is 0 Å². The second-order valence-electron chi connectivity index (χ2n) is 5.83. The van der Waals surface area contributed by atoms with Crippen LogP contribution in [0.25, 0.3) is 0 Å². The molecule has 2 aromatic carbocycles. The van der Waals surface area contributed by atoms with E-state index < -0.39 is 0 Å². The molecule has 0 atom stereocenters. The van der Waals surface area contributed by atoms with E-state index in [4.69, 9.17) is 4.74 Å². The summed E-state index contributed by atoms with van der Waals surface area (Å²) < 4.78 is 18.0. The number of benzene rings is 2. The van der Waals surface area contributed by atoms with Crippen molar-refractivity contribution < 1.29 is 13.9 Å². The third kappa shape index (κ3) is 5.35. The molecule has 0 aliphatic carbocycles. The highest BCUT2D eigenvalue weighted by Crippen LogP contribution is 2.19. The predicted octanol–water partition coefficient (Wildman–Crippen LogP) is 4.65. The molecule has 25 heavy (non-hydrogen) atoms. The number of nitrogens with one attached hydrogen (secondary N) is 1. The molecule has 4 nitrogen and oxygen atoms in total. The van der Waals surface area contributed by atoms with Crippen LogP contribution in [0.4, 0.5) is 15.8 Å². The topological polar surface area (TPSA) is 41.6 Å². The van der Waals surface area contributed by atoms with Crippen molar-refractivity contribution in [2.75, 3.05) is 30.9 Å². The molecule has 5 heteroatoms. The maximum Gasteiger partial charge on any atom is 0.255 e. The number of carbonyl (C=O) groups is 1. The van der Waals surface area contributed by atoms with Gasteiger partial charge in [0.05, 0.1) is 6.33 Å². The minimum Gasteiger partial charge on any atom is -0.489 e. The number of hydrogen-bond donors (Lipinski definition) is 1. The first-order valence-electron chi connectivity index (χ1n) is 8.13. The summed E-state index contributed by atoms with van der Waals surface area (Å²) in [6.07, 6.45) is 1.17. The van der Waals surface area contributed by atoms with Crippen molar-refractivity contribution >= 4 is 17.3 Å². The maximum absolute atomic E-state index is 12.5. The van der Waals surface area contributed by atoms with Gasteiger partial charge >= 0.3 is 0 Å². The number of nitrogens with zero attached hydrogens (tertiary/aromatic N) is 1. The molecule has 0 bridgehead atoms. The van der Waals surface area contributed by atoms with Gasteiger partial charge in [0.15, 0.2) is 0 Å². The van der Waals surface area contributed by atoms with Crippen LogP contribution in [0.1, 0.15) is 23.7 Å². The standard InChI is InChI=1S/C20H23FN2O2/c1-4-15(13-21)14-25-19-10-8-16(9-11-19)20(24)22-17-6-5-7-18(12-17)23(2)3/h5-13H,4,14H2,1-3H3,(H,22,24). The van der Waals surface area contributed by atoms with Crippen LogP contribution in [-0.2, 0) is 0 Å². The van der Waals surface area contributed by atoms with Gasteiger partial charge in [-0.3, -0.25) is 4.79 Å². The molecule has 1 N–H and O–H groups in total. The molecular formula is C20H23FN2O2. The maximum atomic E-state index is 12.5. The van der Waals surface area contributed by atoms with E-state index in [-0.39, 0.29) is 12.5 Å². The monoisotopic (exact) mass is 342 g/mol. The Labute approximate surface area is 147 Å². The third-order valence-corrected chi connectivity index (χ3v) is 3.77. The van der Waals surface area contributed by atoms with Crippen LogP contribution in [0.2, 0.25) is 0 Å². The lowest BCUT2D eigenvalue weighted by Crippen LogP contribution is -2.13. The highest BCUT2D eigenvalue weighted by atomic mass is 19.1. The molecule has 132 valence electrons. The summed E-state index contributed by atoms with van der Waals surface area (Å²) in [6, 6.07) is 14.4. The predicted molar refractivity (Wildman–Crippen MR) is 100 cm³/mol. The summed E-state index contributed by atoms with van der Waals surface area (Å²) in [5, 5.41) is 2.88. The van der Waals surface area contributed by atoms with E-state index >= 15 is 0 Å². The van der Waals surface area contributed by atoms with Gasteiger partial charge in [0.2, 0.25) is 0 Å². The molecule has 0 saturated heterocycles. The highest BCUT2D eigenvalue weighted by molar-refractivity contribution is 6.04. The van der Waals surface area contributed by atoms with Crippen molar-refractivity contribution in [2.24, 2.45) is 0 Å². The molecule has 0 fully saturated rings. The summed E-state index contributed by atoms with van der Waals surface area (Å²) in [7, 11) is 3.89. The Morgan fingerprint density at radius 1 is 1.20 bits per heavy atom. The van der Waals surface area contributed by atoms with Gasteiger partial charge < -0.3 is 15.0 Å². The molecule has 0 aliphatic rings. The molecule has 1 amide bonds. The van der Waals surface area contributed by atoms with Crippen molar-refractivity contribution in [1.29, 1.82) is 0 Å². The first-order chi connectivity index (χ1) is 12.0. The van der Waals surface area contributed by atoms with Crippen molar-refractivity contribution in [3.05, 3.63) is 66.0 Å². The van der Waals surface area contributed by atoms with Crippen LogP contribution in [-0.4, -0.2) is 26.6 Å². The molecule has 0 saturated carbocycles. The summed E-state index contributed by atoms with van der Waals surface area (Å²) in [5.74, 6) is 0.402. The Bertz CT molecular complexity index is 740. The van der Waals surface area contributed by atoms with Gasteiger partial charge in [-0.15, -0.1) is 0 Å². The molecule has 2 aromatic rings. The van der Waals surface area contributed by atoms with E-state index in [0.29, 0.717) is 29.6 Å². The van der Waals surface area contributed by atoms with E-state index in [1.54, 1.807) is 24.3 Å². The molecule has 0 radical (unpaired) electrons. The molecule has 0 aromatic heterocycles. The lowest BCUT2D eigenvalue weighted by molar-refractivity contribution is 0.102. The van der Waals surface area contributed by atoms with Gasteiger partial charge in [-0.05, 0) is 54.5 Å². The van der Waals surface area contributed by atoms with Gasteiger partial charge in [0.25, 0.3) is 5.91 Å². The Morgan fingerprint density at radius 3 is 2.52 bits per heavy atom. The Morgan fingerprint density at radius 2 is 1.92 bits per heavy atom. The fourth-order valence-corrected chi connectivity index (χ4v) is 2.15. The third-order valence-electron chi connectivity index (χ3n) is 3.77. The minimum absolute atomic E-state index is 0.194. The summed E-state index contributed by atoms with van der Waals surface area (Å²) >= 11 is 0. The molecular weight excluding hydrogens is 319 g/mol. The Kier molecular flexibility index (Phi) is 6.57. The Balaban J connectivity index is 1.99. The van der Waals surface area contributed by atoms with E-state index in [1.807, 2.05) is 50.2 Å². The van der Waals surface area contributed by atoms with Crippen LogP contribution in [0.5, 0.6) is 5.75 Å². The van der Waals surface area contributed by atoms with Crippen molar-refractivity contribution in [1.82, 2.24) is 0 Å². The normalized spacial score (nSPS) is 11.1. The zero-order chi connectivity index (χ0) is 18.2. The molecule has 0 heterocycles. The number of hydrogen-bond acceptors (Lipinski definition) is 3. The number of ether oxygens (including phenoxy) is 1. The summed E-state index contributed by atoms with van der Waals surface area (Å²) in [4.78, 5) is 14.3. The molecule has 0 aliphatic heterocycles. The highest BCUT2D eigenvalue weighted by Gasteiger charge is 2.07. The average Bonchev–Trinajstić information content (AvgIpc) is 2.63. The van der Waals surface area contributed by atoms with Gasteiger partial charge in [0.1, 0.15) is 12.4 Å². The Hall–Kier alpha value is -2.82. The van der Waals surface area contributed by atoms with E-state index in [2.05, 4.69) is 5.32 Å². The van der Waals surface area contributed by atoms with Crippen molar-refractivity contribution in [3.63, 3.8) is 0 Å². The molecule has 0 spiro atoms. The smallest absolute Gasteiger partial charge is 0.255 e. The average molecular weight is 342 g/mol. The lowest BCUT2D eigenvalue weighted by Gasteiger charge is -2.14. The lowest BCUT2D eigenvalue weighted by atomic mass is 10.2. The van der Waals surface area contributed by atoms with Crippen LogP contribution in [0.3, 0.4) is 0 Å². The van der Waals surface area contributed by atoms with E-state index in [1.165, 1.54) is 0 Å². The zero-order valence-corrected chi connectivity index (χ0v) is 14.8. The number of carbonyl (C=O) groups excluding carboxylic acids is 1. The largest absolute Gasteiger partial charge is 0.489 e. The first-order valence-corrected chi connectivity index (χ1v) is 8.13. The number of halogens is 1. The van der Waals surface area contributed by atoms with Crippen molar-refractivity contribution in [3.8, 4) is 5.75 Å².